The van der Waals surface area contributed by atoms with Crippen LogP contribution in [0.2, 0.25) is 0 Å². The number of pyridine rings is 1. The van der Waals surface area contributed by atoms with Crippen LogP contribution in [-0.4, -0.2) is 179 Å². The van der Waals surface area contributed by atoms with Gasteiger partial charge in [-0.2, -0.15) is 0 Å². The van der Waals surface area contributed by atoms with E-state index in [-0.39, 0.29) is 48.1 Å². The number of aromatic nitrogens is 3. The maximum atomic E-state index is 15.0. The number of hydrogen-bond acceptors (Lipinski definition) is 14. The van der Waals surface area contributed by atoms with E-state index in [1.165, 1.54) is 42.0 Å². The number of hydrazine groups is 1. The number of aryl methyl sites for hydroxylation is 1. The molecule has 78 heavy (non-hydrogen) atoms. The smallest absolute Gasteiger partial charge is 0.324 e. The van der Waals surface area contributed by atoms with Crippen molar-refractivity contribution in [1.29, 1.82) is 0 Å². The van der Waals surface area contributed by atoms with Crippen LogP contribution in [0.5, 0.6) is 0 Å². The van der Waals surface area contributed by atoms with Gasteiger partial charge in [-0.1, -0.05) is 33.8 Å². The summed E-state index contributed by atoms with van der Waals surface area (Å²) in [6, 6.07) is 7.03. The Morgan fingerprint density at radius 2 is 1.78 bits per heavy atom. The number of piperazine rings is 1. The molecule has 3 amide bonds. The number of hydrogen-bond donors (Lipinski definition) is 2. The zero-order valence-electron chi connectivity index (χ0n) is 49.2. The quantitative estimate of drug-likeness (QED) is 0.117. The molecule has 18 heteroatoms. The Morgan fingerprint density at radius 1 is 1.00 bits per heavy atom. The van der Waals surface area contributed by atoms with Gasteiger partial charge in [0.05, 0.1) is 52.7 Å². The molecule has 420 valence electrons. The maximum absolute atomic E-state index is 15.0. The molecule has 3 aromatic heterocycles. The molecule has 8 aliphatic rings. The second kappa shape index (κ2) is 21.2. The summed E-state index contributed by atoms with van der Waals surface area (Å²) in [6.07, 6.45) is 9.88. The number of ether oxygens (including phenoxy) is 2. The number of thiazole rings is 1. The Hall–Kier alpha value is -4.98. The molecule has 6 bridgehead atoms. The second-order valence-corrected chi connectivity index (χ2v) is 26.3. The minimum absolute atomic E-state index is 0.00252. The lowest BCUT2D eigenvalue weighted by Crippen LogP contribution is -2.62. The molecule has 1 unspecified atom stereocenters. The van der Waals surface area contributed by atoms with Crippen molar-refractivity contribution < 1.29 is 31.4 Å². The Bertz CT molecular complexity index is 3040. The van der Waals surface area contributed by atoms with Crippen molar-refractivity contribution in [2.24, 2.45) is 22.7 Å². The van der Waals surface area contributed by atoms with E-state index < -0.39 is 42.1 Å². The van der Waals surface area contributed by atoms with E-state index in [9.17, 15) is 21.9 Å². The largest absolute Gasteiger partial charge is 0.464 e. The molecule has 2 N–H and O–H groups in total. The molecular formula is C60H83N11O6S. The Balaban J connectivity index is 0.873. The Morgan fingerprint density at radius 3 is 2.51 bits per heavy atom. The van der Waals surface area contributed by atoms with Crippen molar-refractivity contribution in [2.75, 3.05) is 84.6 Å². The van der Waals surface area contributed by atoms with Crippen LogP contribution in [0.4, 0.5) is 5.69 Å². The first-order valence-corrected chi connectivity index (χ1v) is 30.0. The van der Waals surface area contributed by atoms with E-state index >= 15 is 0 Å². The van der Waals surface area contributed by atoms with Crippen LogP contribution in [0.25, 0.3) is 33.4 Å². The summed E-state index contributed by atoms with van der Waals surface area (Å²) < 4.78 is 33.1. The molecule has 7 fully saturated rings. The van der Waals surface area contributed by atoms with Gasteiger partial charge in [-0.3, -0.25) is 43.9 Å². The van der Waals surface area contributed by atoms with Crippen LogP contribution < -0.4 is 15.6 Å². The topological polar surface area (TPSA) is 161 Å². The molecule has 17 nitrogen and oxygen atoms in total. The van der Waals surface area contributed by atoms with Gasteiger partial charge in [0.15, 0.2) is 0 Å². The standard InChI is InChI=1S/C60H83N11O6S/c1-9-70-48-17-14-39-27-42(48)44(53(70)43-28-41(31-61-50(43)37(4)76-8)67-25-23-66(24-26-67)40-15-16-40)30-59(5,6)35-77-58(75)45-11-10-20-71(64-45)56(73)46(29-49-62-47(39)32-78-49)63-55(72)51(36(2)3)68-21-18-60(33-68)19-22-69(34-60)57(74)54-52(65(54)7)38-12-13-38/h14,17,27-28,31-32,36-38,40,45-46,51-52,54,64H,9-13,15-16,18-26,29-30,33-35H2,1-8H3,(H,63,72)/t37-,45-,46-,51-,52+,54+,60-,65?/m0/s1/i9D2. The van der Waals surface area contributed by atoms with E-state index in [4.69, 9.17) is 19.4 Å². The van der Waals surface area contributed by atoms with Crippen LogP contribution in [-0.2, 0) is 48.0 Å². The lowest BCUT2D eigenvalue weighted by Gasteiger charge is -2.37. The predicted molar refractivity (Wildman–Crippen MR) is 303 cm³/mol. The number of carbonyl (C=O) groups excluding carboxylic acids is 4. The predicted octanol–water partition coefficient (Wildman–Crippen LogP) is 6.53. The number of methoxy groups -OCH3 is 1. The van der Waals surface area contributed by atoms with Gasteiger partial charge in [0.2, 0.25) is 11.8 Å². The summed E-state index contributed by atoms with van der Waals surface area (Å²) in [5.74, 6) is -0.186. The van der Waals surface area contributed by atoms with Gasteiger partial charge >= 0.3 is 5.97 Å². The van der Waals surface area contributed by atoms with Gasteiger partial charge in [-0.25, -0.2) is 10.4 Å². The molecule has 1 aromatic carbocycles. The molecular weight excluding hydrogens is 1000 g/mol. The highest BCUT2D eigenvalue weighted by atomic mass is 32.1. The average Bonchev–Trinajstić information content (AvgIpc) is 4.56. The van der Waals surface area contributed by atoms with Crippen molar-refractivity contribution in [3.05, 3.63) is 52.1 Å². The average molecular weight is 1090 g/mol. The van der Waals surface area contributed by atoms with E-state index in [2.05, 4.69) is 82.1 Å². The fourth-order valence-corrected chi connectivity index (χ4v) is 14.9. The maximum Gasteiger partial charge on any atom is 0.324 e. The number of cyclic esters (lactones) is 1. The number of likely N-dealkylation sites (N-methyl/N-ethyl adjacent to an activating group) is 1. The zero-order chi connectivity index (χ0) is 56.2. The minimum Gasteiger partial charge on any atom is -0.464 e. The highest BCUT2D eigenvalue weighted by Gasteiger charge is 2.59. The molecule has 2 saturated carbocycles. The summed E-state index contributed by atoms with van der Waals surface area (Å²) in [5, 5.41) is 8.25. The number of nitrogens with zero attached hydrogens (tertiary/aromatic N) is 9. The lowest BCUT2D eigenvalue weighted by molar-refractivity contribution is -0.155. The summed E-state index contributed by atoms with van der Waals surface area (Å²) in [7, 11) is 3.75. The Kier molecular flexibility index (Phi) is 13.9. The monoisotopic (exact) mass is 1090 g/mol. The number of benzene rings is 1. The normalized spacial score (nSPS) is 29.4. The molecule has 2 aliphatic carbocycles. The number of esters is 1. The zero-order valence-corrected chi connectivity index (χ0v) is 48.0. The van der Waals surface area contributed by atoms with Crippen LogP contribution in [0.3, 0.4) is 0 Å². The molecule has 6 aliphatic heterocycles. The van der Waals surface area contributed by atoms with E-state index in [0.29, 0.717) is 84.5 Å². The van der Waals surface area contributed by atoms with Gasteiger partial charge in [-0.15, -0.1) is 11.3 Å². The molecule has 5 saturated heterocycles. The number of fused-ring (bicyclic) bond motifs is 6. The number of anilines is 1. The van der Waals surface area contributed by atoms with Crippen molar-refractivity contribution in [1.82, 2.24) is 49.9 Å². The molecule has 1 spiro atoms. The highest BCUT2D eigenvalue weighted by molar-refractivity contribution is 7.10. The molecule has 9 heterocycles. The van der Waals surface area contributed by atoms with Crippen molar-refractivity contribution >= 4 is 51.6 Å². The first-order chi connectivity index (χ1) is 38.2. The van der Waals surface area contributed by atoms with Crippen LogP contribution >= 0.6 is 11.3 Å². The summed E-state index contributed by atoms with van der Waals surface area (Å²) in [6.45, 7) is 16.9. The minimum atomic E-state index is -1.87. The first kappa shape index (κ1) is 51.2. The third-order valence-corrected chi connectivity index (χ3v) is 19.7. The third kappa shape index (κ3) is 10.4. The number of likely N-dealkylation sites (tertiary alicyclic amines) is 2. The highest BCUT2D eigenvalue weighted by Crippen LogP contribution is 2.49. The Labute approximate surface area is 467 Å². The SMILES string of the molecule is [2H]C([2H])(C)n1c(-c2cc(N3CCN(C4CC4)CC3)cnc2[C@H](C)OC)c2c3cc(ccc31)-c1csc(n1)C[C@H](NC(=O)[C@H](C(C)C)N1CC[C@]3(CCN(C(=O)[C@H]4[C@@H](C5CC5)N4C)C3)C1)C(=O)N1CCC[C@H](N1)C(=O)OCC(C)(C)C2. The van der Waals surface area contributed by atoms with Crippen molar-refractivity contribution in [3.8, 4) is 22.5 Å². The number of carbonyl (C=O) groups is 4. The first-order valence-electron chi connectivity index (χ1n) is 30.1. The molecule has 4 aromatic rings. The van der Waals surface area contributed by atoms with Gasteiger partial charge in [-0.05, 0) is 121 Å². The lowest BCUT2D eigenvalue weighted by atomic mass is 9.84. The van der Waals surface area contributed by atoms with Gasteiger partial charge in [0.1, 0.15) is 18.1 Å². The number of nitrogens with one attached hydrogen (secondary N) is 2. The van der Waals surface area contributed by atoms with Gasteiger partial charge in [0, 0.05) is 125 Å². The van der Waals surface area contributed by atoms with Gasteiger partial charge < -0.3 is 29.2 Å². The van der Waals surface area contributed by atoms with Crippen molar-refractivity contribution in [3.63, 3.8) is 0 Å². The van der Waals surface area contributed by atoms with Crippen molar-refractivity contribution in [2.45, 2.75) is 155 Å². The van der Waals surface area contributed by atoms with Crippen LogP contribution in [0.15, 0.2) is 35.8 Å². The van der Waals surface area contributed by atoms with Crippen LogP contribution in [0, 0.1) is 22.7 Å². The molecule has 8 atom stereocenters. The summed E-state index contributed by atoms with van der Waals surface area (Å²) in [4.78, 5) is 79.9. The fraction of sp³-hybridized carbons (Fsp3) is 0.667. The number of rotatable bonds is 12. The third-order valence-electron chi connectivity index (χ3n) is 18.8. The fourth-order valence-electron chi connectivity index (χ4n) is 14.1. The molecule has 0 radical (unpaired) electrons. The van der Waals surface area contributed by atoms with E-state index in [0.717, 1.165) is 79.9 Å². The van der Waals surface area contributed by atoms with E-state index in [1.54, 1.807) is 14.0 Å². The summed E-state index contributed by atoms with van der Waals surface area (Å²) in [5.41, 5.74) is 8.82. The summed E-state index contributed by atoms with van der Waals surface area (Å²) >= 11 is 1.43. The van der Waals surface area contributed by atoms with Crippen LogP contribution in [0.1, 0.15) is 118 Å². The second-order valence-electron chi connectivity index (χ2n) is 25.4. The van der Waals surface area contributed by atoms with Gasteiger partial charge in [0.25, 0.3) is 5.91 Å². The number of amides is 3. The van der Waals surface area contributed by atoms with E-state index in [1.807, 2.05) is 35.2 Å². The molecule has 12 rings (SSSR count).